The van der Waals surface area contributed by atoms with Gasteiger partial charge in [-0.3, -0.25) is 4.79 Å². The van der Waals surface area contributed by atoms with Crippen LogP contribution in [-0.4, -0.2) is 30.4 Å². The molecule has 0 aliphatic heterocycles. The molecule has 4 nitrogen and oxygen atoms in total. The number of aromatic nitrogens is 1. The molecule has 1 heterocycles. The zero-order valence-electron chi connectivity index (χ0n) is 10.2. The first-order chi connectivity index (χ1) is 8.26. The number of pyridine rings is 1. The normalized spacial score (nSPS) is 10.2. The Bertz CT molecular complexity index is 341. The fourth-order valence-corrected chi connectivity index (χ4v) is 1.88. The Morgan fingerprint density at radius 2 is 2.35 bits per heavy atom. The summed E-state index contributed by atoms with van der Waals surface area (Å²) in [6.45, 7) is 3.99. The number of hydrogen-bond acceptors (Lipinski definition) is 5. The lowest BCUT2D eigenvalue weighted by molar-refractivity contribution is -0.137. The Morgan fingerprint density at radius 1 is 1.53 bits per heavy atom. The van der Waals surface area contributed by atoms with Gasteiger partial charge in [0.25, 0.3) is 0 Å². The van der Waals surface area contributed by atoms with Crippen molar-refractivity contribution in [2.45, 2.75) is 24.9 Å². The summed E-state index contributed by atoms with van der Waals surface area (Å²) in [7, 11) is 1.39. The van der Waals surface area contributed by atoms with E-state index in [1.165, 1.54) is 18.9 Å². The molecule has 0 aromatic carbocycles. The lowest BCUT2D eigenvalue weighted by Crippen LogP contribution is -2.13. The fraction of sp³-hybridized carbons (Fsp3) is 0.500. The molecule has 94 valence electrons. The molecule has 0 unspecified atom stereocenters. The minimum atomic E-state index is -0.231. The maximum Gasteiger partial charge on any atom is 0.316 e. The predicted octanol–water partition coefficient (Wildman–Crippen LogP) is 1.85. The van der Waals surface area contributed by atoms with E-state index in [-0.39, 0.29) is 5.97 Å². The SMILES string of the molecule is CCCNCc1ccc(SCC(=O)OC)nc1. The van der Waals surface area contributed by atoms with Gasteiger partial charge in [-0.05, 0) is 24.6 Å². The van der Waals surface area contributed by atoms with Crippen LogP contribution in [0.1, 0.15) is 18.9 Å². The predicted molar refractivity (Wildman–Crippen MR) is 69.0 cm³/mol. The molecule has 5 heteroatoms. The molecular weight excluding hydrogens is 236 g/mol. The molecule has 0 fully saturated rings. The van der Waals surface area contributed by atoms with Gasteiger partial charge < -0.3 is 10.1 Å². The van der Waals surface area contributed by atoms with Crippen molar-refractivity contribution < 1.29 is 9.53 Å². The molecule has 0 spiro atoms. The van der Waals surface area contributed by atoms with Crippen molar-refractivity contribution in [3.05, 3.63) is 23.9 Å². The second-order valence-corrected chi connectivity index (χ2v) is 4.54. The van der Waals surface area contributed by atoms with Crippen molar-refractivity contribution in [2.24, 2.45) is 0 Å². The molecule has 0 amide bonds. The standard InChI is InChI=1S/C12H18N2O2S/c1-3-6-13-7-10-4-5-11(14-8-10)17-9-12(15)16-2/h4-5,8,13H,3,6-7,9H2,1-2H3. The highest BCUT2D eigenvalue weighted by Gasteiger charge is 2.02. The van der Waals surface area contributed by atoms with Gasteiger partial charge in [0.2, 0.25) is 0 Å². The van der Waals surface area contributed by atoms with Crippen LogP contribution < -0.4 is 5.32 Å². The molecule has 0 aliphatic carbocycles. The van der Waals surface area contributed by atoms with E-state index in [1.54, 1.807) is 0 Å². The molecule has 0 saturated carbocycles. The van der Waals surface area contributed by atoms with E-state index in [1.807, 2.05) is 18.3 Å². The number of ether oxygens (including phenoxy) is 1. The number of nitrogens with zero attached hydrogens (tertiary/aromatic N) is 1. The second-order valence-electron chi connectivity index (χ2n) is 3.55. The highest BCUT2D eigenvalue weighted by atomic mass is 32.2. The topological polar surface area (TPSA) is 51.2 Å². The molecule has 0 aliphatic rings. The van der Waals surface area contributed by atoms with Gasteiger partial charge in [0.15, 0.2) is 0 Å². The van der Waals surface area contributed by atoms with Gasteiger partial charge in [-0.25, -0.2) is 4.98 Å². The van der Waals surface area contributed by atoms with E-state index in [4.69, 9.17) is 0 Å². The van der Waals surface area contributed by atoms with Crippen LogP contribution >= 0.6 is 11.8 Å². The van der Waals surface area contributed by atoms with Crippen molar-refractivity contribution in [1.29, 1.82) is 0 Å². The second kappa shape index (κ2) is 8.08. The largest absolute Gasteiger partial charge is 0.468 e. The Kier molecular flexibility index (Phi) is 6.65. The van der Waals surface area contributed by atoms with Crippen molar-refractivity contribution >= 4 is 17.7 Å². The van der Waals surface area contributed by atoms with E-state index in [0.29, 0.717) is 5.75 Å². The molecule has 1 rings (SSSR count). The molecular formula is C12H18N2O2S. The monoisotopic (exact) mass is 254 g/mol. The van der Waals surface area contributed by atoms with Gasteiger partial charge in [-0.1, -0.05) is 24.8 Å². The van der Waals surface area contributed by atoms with Gasteiger partial charge >= 0.3 is 5.97 Å². The summed E-state index contributed by atoms with van der Waals surface area (Å²) < 4.78 is 4.56. The first-order valence-electron chi connectivity index (χ1n) is 5.61. The summed E-state index contributed by atoms with van der Waals surface area (Å²) in [4.78, 5) is 15.2. The summed E-state index contributed by atoms with van der Waals surface area (Å²) in [5.41, 5.74) is 1.15. The first-order valence-corrected chi connectivity index (χ1v) is 6.60. The van der Waals surface area contributed by atoms with E-state index in [9.17, 15) is 4.79 Å². The zero-order valence-corrected chi connectivity index (χ0v) is 11.0. The average Bonchev–Trinajstić information content (AvgIpc) is 2.37. The van der Waals surface area contributed by atoms with Gasteiger partial charge in [0.1, 0.15) is 0 Å². The number of esters is 1. The molecule has 0 bridgehead atoms. The Hall–Kier alpha value is -1.07. The van der Waals surface area contributed by atoms with Crippen LogP contribution in [0.4, 0.5) is 0 Å². The van der Waals surface area contributed by atoms with Crippen molar-refractivity contribution in [3.8, 4) is 0 Å². The zero-order chi connectivity index (χ0) is 12.5. The lowest BCUT2D eigenvalue weighted by Gasteiger charge is -2.04. The molecule has 1 aromatic heterocycles. The number of methoxy groups -OCH3 is 1. The number of nitrogens with one attached hydrogen (secondary N) is 1. The minimum Gasteiger partial charge on any atom is -0.468 e. The summed E-state index contributed by atoms with van der Waals surface area (Å²) in [6, 6.07) is 3.95. The van der Waals surface area contributed by atoms with Gasteiger partial charge in [0, 0.05) is 12.7 Å². The van der Waals surface area contributed by atoms with Crippen LogP contribution in [0.15, 0.2) is 23.4 Å². The molecule has 1 aromatic rings. The number of hydrogen-bond donors (Lipinski definition) is 1. The summed E-state index contributed by atoms with van der Waals surface area (Å²) in [5, 5.41) is 4.15. The highest BCUT2D eigenvalue weighted by molar-refractivity contribution is 7.99. The van der Waals surface area contributed by atoms with Crippen LogP contribution in [0.25, 0.3) is 0 Å². The van der Waals surface area contributed by atoms with Gasteiger partial charge in [0.05, 0.1) is 17.9 Å². The third kappa shape index (κ3) is 5.70. The Morgan fingerprint density at radius 3 is 2.94 bits per heavy atom. The average molecular weight is 254 g/mol. The summed E-state index contributed by atoms with van der Waals surface area (Å²) >= 11 is 1.38. The van der Waals surface area contributed by atoms with Crippen molar-refractivity contribution in [2.75, 3.05) is 19.4 Å². The molecule has 0 atom stereocenters. The lowest BCUT2D eigenvalue weighted by atomic mass is 10.3. The quantitative estimate of drug-likeness (QED) is 0.457. The molecule has 0 radical (unpaired) electrons. The number of carbonyl (C=O) groups is 1. The highest BCUT2D eigenvalue weighted by Crippen LogP contribution is 2.15. The van der Waals surface area contributed by atoms with Crippen LogP contribution in [0.5, 0.6) is 0 Å². The minimum absolute atomic E-state index is 0.231. The first kappa shape index (κ1) is 14.0. The maximum absolute atomic E-state index is 10.9. The van der Waals surface area contributed by atoms with E-state index in [0.717, 1.165) is 30.1 Å². The van der Waals surface area contributed by atoms with Crippen LogP contribution in [0.2, 0.25) is 0 Å². The van der Waals surface area contributed by atoms with E-state index in [2.05, 4.69) is 22.0 Å². The summed E-state index contributed by atoms with van der Waals surface area (Å²) in [5.74, 6) is 0.0715. The number of carbonyl (C=O) groups excluding carboxylic acids is 1. The third-order valence-electron chi connectivity index (χ3n) is 2.12. The molecule has 0 saturated heterocycles. The number of rotatable bonds is 7. The summed E-state index contributed by atoms with van der Waals surface area (Å²) in [6.07, 6.45) is 2.96. The van der Waals surface area contributed by atoms with E-state index < -0.39 is 0 Å². The third-order valence-corrected chi connectivity index (χ3v) is 3.04. The van der Waals surface area contributed by atoms with Crippen LogP contribution in [0.3, 0.4) is 0 Å². The maximum atomic E-state index is 10.9. The Labute approximate surface area is 106 Å². The van der Waals surface area contributed by atoms with Crippen molar-refractivity contribution in [3.63, 3.8) is 0 Å². The molecule has 17 heavy (non-hydrogen) atoms. The molecule has 1 N–H and O–H groups in total. The fourth-order valence-electron chi connectivity index (χ4n) is 1.20. The smallest absolute Gasteiger partial charge is 0.316 e. The van der Waals surface area contributed by atoms with Crippen LogP contribution in [-0.2, 0) is 16.1 Å². The van der Waals surface area contributed by atoms with Crippen LogP contribution in [0, 0.1) is 0 Å². The van der Waals surface area contributed by atoms with Crippen molar-refractivity contribution in [1.82, 2.24) is 10.3 Å². The van der Waals surface area contributed by atoms with Gasteiger partial charge in [-0.15, -0.1) is 0 Å². The number of thioether (sulfide) groups is 1. The van der Waals surface area contributed by atoms with E-state index >= 15 is 0 Å². The van der Waals surface area contributed by atoms with Gasteiger partial charge in [-0.2, -0.15) is 0 Å². The Balaban J connectivity index is 2.36.